The number of hydrogen-bond acceptors (Lipinski definition) is 11. The second-order valence-corrected chi connectivity index (χ2v) is 16.7. The molecule has 286 valence electrons. The van der Waals surface area contributed by atoms with Crippen molar-refractivity contribution in [3.05, 3.63) is 114 Å². The zero-order valence-corrected chi connectivity index (χ0v) is 33.2. The van der Waals surface area contributed by atoms with E-state index in [9.17, 15) is 9.59 Å². The largest absolute Gasteiger partial charge is 0.493 e. The molecule has 0 saturated carbocycles. The third kappa shape index (κ3) is 6.84. The molecule has 0 bridgehead atoms. The minimum absolute atomic E-state index is 0.0670. The molecule has 0 fully saturated rings. The van der Waals surface area contributed by atoms with E-state index in [0.29, 0.717) is 65.1 Å². The normalized spacial score (nSPS) is 17.9. The number of carbonyl (C=O) groups excluding carboxylic acids is 2. The van der Waals surface area contributed by atoms with Crippen LogP contribution >= 0.6 is 22.7 Å². The van der Waals surface area contributed by atoms with Crippen LogP contribution in [0.3, 0.4) is 0 Å². The van der Waals surface area contributed by atoms with E-state index >= 15 is 0 Å². The second-order valence-electron chi connectivity index (χ2n) is 14.7. The van der Waals surface area contributed by atoms with E-state index in [1.165, 1.54) is 20.9 Å². The summed E-state index contributed by atoms with van der Waals surface area (Å²) < 4.78 is 24.3. The van der Waals surface area contributed by atoms with Gasteiger partial charge in [0, 0.05) is 66.8 Å². The Morgan fingerprint density at radius 2 is 1.12 bits per heavy atom. The van der Waals surface area contributed by atoms with Crippen LogP contribution in [0.15, 0.2) is 75.3 Å². The van der Waals surface area contributed by atoms with Crippen molar-refractivity contribution in [2.75, 3.05) is 28.3 Å². The van der Waals surface area contributed by atoms with E-state index < -0.39 is 0 Å². The fourth-order valence-electron chi connectivity index (χ4n) is 7.91. The van der Waals surface area contributed by atoms with Crippen LogP contribution < -0.4 is 18.9 Å². The molecule has 4 aliphatic heterocycles. The fourth-order valence-corrected chi connectivity index (χ4v) is 9.81. The van der Waals surface area contributed by atoms with E-state index in [1.54, 1.807) is 61.2 Å². The lowest BCUT2D eigenvalue weighted by molar-refractivity contribution is 0.0697. The number of methoxy groups -OCH3 is 2. The van der Waals surface area contributed by atoms with Crippen LogP contribution in [0.25, 0.3) is 0 Å². The molecule has 0 unspecified atom stereocenters. The van der Waals surface area contributed by atoms with Gasteiger partial charge in [0.15, 0.2) is 23.0 Å². The average molecular weight is 788 g/mol. The van der Waals surface area contributed by atoms with Crippen molar-refractivity contribution in [2.45, 2.75) is 57.8 Å². The maximum Gasteiger partial charge on any atom is 0.257 e. The molecule has 0 aliphatic carbocycles. The quantitative estimate of drug-likeness (QED) is 0.144. The molecule has 4 aliphatic rings. The highest BCUT2D eigenvalue weighted by Gasteiger charge is 2.35. The summed E-state index contributed by atoms with van der Waals surface area (Å²) in [6, 6.07) is 17.4. The second kappa shape index (κ2) is 14.9. The van der Waals surface area contributed by atoms with Gasteiger partial charge < -0.3 is 33.6 Å². The number of fused-ring (bicyclic) bond motifs is 6. The molecule has 11 nitrogen and oxygen atoms in total. The van der Waals surface area contributed by atoms with Crippen molar-refractivity contribution >= 4 is 58.3 Å². The van der Waals surface area contributed by atoms with E-state index in [1.807, 2.05) is 36.3 Å². The van der Waals surface area contributed by atoms with Crippen LogP contribution in [-0.2, 0) is 45.7 Å². The lowest BCUT2D eigenvalue weighted by Crippen LogP contribution is -2.44. The Labute approximate surface area is 333 Å². The molecule has 2 atom stereocenters. The highest BCUT2D eigenvalue weighted by atomic mass is 32.1. The standard InChI is InChI=1S/C43H41N5O6S2/c1-46(2)20-25-9-26(23-53-38-16-34-32(14-36(38)51-3)42(49)47-21-28-5-7-55-40(28)12-30(47)18-44-34)11-27(10-25)24-54-39-17-35-33(15-37(39)52-4)43(50)48-22-29-6-8-56-41(29)13-31(48)19-45-35/h5-11,14-19,30-31H,12-13,20-24H2,1-4H3/t30-,31-/m0/s1. The molecule has 13 heteroatoms. The van der Waals surface area contributed by atoms with Crippen molar-refractivity contribution in [3.8, 4) is 23.0 Å². The van der Waals surface area contributed by atoms with Crippen molar-refractivity contribution in [1.82, 2.24) is 14.7 Å². The molecule has 2 aromatic heterocycles. The minimum Gasteiger partial charge on any atom is -0.493 e. The highest BCUT2D eigenvalue weighted by Crippen LogP contribution is 2.41. The summed E-state index contributed by atoms with van der Waals surface area (Å²) in [7, 11) is 7.22. The monoisotopic (exact) mass is 787 g/mol. The summed E-state index contributed by atoms with van der Waals surface area (Å²) in [6.07, 6.45) is 5.28. The Hall–Kier alpha value is -5.50. The van der Waals surface area contributed by atoms with Crippen molar-refractivity contribution < 1.29 is 28.5 Å². The van der Waals surface area contributed by atoms with Gasteiger partial charge in [-0.05, 0) is 83.0 Å². The molecule has 6 heterocycles. The summed E-state index contributed by atoms with van der Waals surface area (Å²) in [6.45, 7) is 2.34. The maximum absolute atomic E-state index is 13.8. The predicted octanol–water partition coefficient (Wildman–Crippen LogP) is 7.61. The SMILES string of the molecule is COc1cc2c(cc1OCc1cc(COc3cc4c(cc3OC)C(=O)N3Cc5ccsc5C[C@H]3C=N4)cc(CN(C)C)c1)N=C[C@@H]1Cc3sccc3CN1C2=O. The molecule has 5 aromatic rings. The Morgan fingerprint density at radius 3 is 1.57 bits per heavy atom. The lowest BCUT2D eigenvalue weighted by Gasteiger charge is -2.32. The topological polar surface area (TPSA) is 106 Å². The number of thiophene rings is 2. The van der Waals surface area contributed by atoms with Gasteiger partial charge in [-0.2, -0.15) is 0 Å². The van der Waals surface area contributed by atoms with Gasteiger partial charge in [0.1, 0.15) is 13.2 Å². The zero-order chi connectivity index (χ0) is 38.5. The van der Waals surface area contributed by atoms with Gasteiger partial charge in [-0.3, -0.25) is 19.6 Å². The van der Waals surface area contributed by atoms with Gasteiger partial charge in [-0.25, -0.2) is 0 Å². The van der Waals surface area contributed by atoms with E-state index in [-0.39, 0.29) is 37.1 Å². The van der Waals surface area contributed by atoms with Crippen molar-refractivity contribution in [1.29, 1.82) is 0 Å². The van der Waals surface area contributed by atoms with E-state index in [4.69, 9.17) is 28.9 Å². The van der Waals surface area contributed by atoms with Gasteiger partial charge in [-0.1, -0.05) is 12.1 Å². The number of ether oxygens (including phenoxy) is 4. The zero-order valence-electron chi connectivity index (χ0n) is 31.6. The van der Waals surface area contributed by atoms with Crippen LogP contribution in [0.1, 0.15) is 58.3 Å². The van der Waals surface area contributed by atoms with Crippen molar-refractivity contribution in [3.63, 3.8) is 0 Å². The number of benzene rings is 3. The predicted molar refractivity (Wildman–Crippen MR) is 218 cm³/mol. The van der Waals surface area contributed by atoms with Gasteiger partial charge in [0.2, 0.25) is 0 Å². The molecule has 0 spiro atoms. The third-order valence-corrected chi connectivity index (χ3v) is 12.6. The van der Waals surface area contributed by atoms with Gasteiger partial charge in [0.05, 0.1) is 48.8 Å². The van der Waals surface area contributed by atoms with Crippen molar-refractivity contribution in [2.24, 2.45) is 9.98 Å². The van der Waals surface area contributed by atoms with Crippen LogP contribution in [0.2, 0.25) is 0 Å². The van der Waals surface area contributed by atoms with Gasteiger partial charge in [-0.15, -0.1) is 22.7 Å². The maximum atomic E-state index is 13.8. The molecule has 0 saturated heterocycles. The first kappa shape index (κ1) is 36.2. The number of amides is 2. The third-order valence-electron chi connectivity index (χ3n) is 10.7. The lowest BCUT2D eigenvalue weighted by atomic mass is 10.0. The molecule has 56 heavy (non-hydrogen) atoms. The Balaban J connectivity index is 0.945. The molecule has 9 rings (SSSR count). The summed E-state index contributed by atoms with van der Waals surface area (Å²) >= 11 is 3.46. The number of aliphatic imine (C=N–C) groups is 2. The van der Waals surface area contributed by atoms with Gasteiger partial charge in [0.25, 0.3) is 11.8 Å². The highest BCUT2D eigenvalue weighted by molar-refractivity contribution is 7.10. The van der Waals surface area contributed by atoms with Crippen LogP contribution in [0, 0.1) is 0 Å². The Bertz CT molecular complexity index is 2260. The molecule has 3 aromatic carbocycles. The summed E-state index contributed by atoms with van der Waals surface area (Å²) in [4.78, 5) is 45.7. The number of carbonyl (C=O) groups is 2. The van der Waals surface area contributed by atoms with Crippen LogP contribution in [-0.4, -0.2) is 79.3 Å². The molecule has 0 radical (unpaired) electrons. The van der Waals surface area contributed by atoms with Crippen LogP contribution in [0.4, 0.5) is 11.4 Å². The average Bonchev–Trinajstić information content (AvgIpc) is 3.82. The number of hydrogen-bond donors (Lipinski definition) is 0. The molecular weight excluding hydrogens is 747 g/mol. The number of nitrogens with zero attached hydrogens (tertiary/aromatic N) is 5. The smallest absolute Gasteiger partial charge is 0.257 e. The Kier molecular flexibility index (Phi) is 9.60. The first-order valence-electron chi connectivity index (χ1n) is 18.5. The van der Waals surface area contributed by atoms with E-state index in [2.05, 4.69) is 46.0 Å². The molecule has 0 N–H and O–H groups in total. The summed E-state index contributed by atoms with van der Waals surface area (Å²) in [5, 5.41) is 4.17. The summed E-state index contributed by atoms with van der Waals surface area (Å²) in [5.74, 6) is 1.81. The van der Waals surface area contributed by atoms with Crippen LogP contribution in [0.5, 0.6) is 23.0 Å². The minimum atomic E-state index is -0.102. The Morgan fingerprint density at radius 1 is 0.661 bits per heavy atom. The van der Waals surface area contributed by atoms with E-state index in [0.717, 1.165) is 29.5 Å². The number of rotatable bonds is 10. The molecular formula is C43H41N5O6S2. The van der Waals surface area contributed by atoms with Gasteiger partial charge >= 0.3 is 0 Å². The first-order chi connectivity index (χ1) is 27.2. The molecule has 2 amide bonds. The summed E-state index contributed by atoms with van der Waals surface area (Å²) in [5.41, 5.74) is 7.48. The first-order valence-corrected chi connectivity index (χ1v) is 20.3. The fraction of sp³-hybridized carbons (Fsp3) is 0.302.